The van der Waals surface area contributed by atoms with Gasteiger partial charge in [-0.15, -0.1) is 0 Å². The molecule has 3 fully saturated rings. The summed E-state index contributed by atoms with van der Waals surface area (Å²) in [5.41, 5.74) is 21.5. The fourth-order valence-corrected chi connectivity index (χ4v) is 16.6. The third-order valence-corrected chi connectivity index (χ3v) is 20.1. The average molecular weight is 971 g/mol. The molecule has 6 aliphatic carbocycles. The molecule has 3 aromatic heterocycles. The maximum Gasteiger partial charge on any atom is 0.269 e. The van der Waals surface area contributed by atoms with Gasteiger partial charge in [0.05, 0.1) is 29.7 Å². The van der Waals surface area contributed by atoms with Crippen LogP contribution in [0, 0.1) is 47.0 Å². The lowest BCUT2D eigenvalue weighted by Crippen LogP contribution is -2.64. The van der Waals surface area contributed by atoms with E-state index in [-0.39, 0.29) is 28.4 Å². The number of benzene rings is 4. The van der Waals surface area contributed by atoms with Crippen LogP contribution in [0.25, 0.3) is 44.7 Å². The van der Waals surface area contributed by atoms with Crippen molar-refractivity contribution >= 4 is 11.8 Å². The first kappa shape index (κ1) is 43.3. The van der Waals surface area contributed by atoms with Crippen LogP contribution in [0.4, 0.5) is 5.69 Å². The molecule has 0 radical (unpaired) electrons. The Kier molecular flexibility index (Phi) is 9.34. The minimum atomic E-state index is 0.0521. The molecule has 0 N–H and O–H groups in total. The largest absolute Gasteiger partial charge is 0.461 e. The summed E-state index contributed by atoms with van der Waals surface area (Å²) in [6.45, 7) is 10.2. The zero-order valence-corrected chi connectivity index (χ0v) is 41.8. The second-order valence-corrected chi connectivity index (χ2v) is 23.3. The van der Waals surface area contributed by atoms with Crippen molar-refractivity contribution < 1.29 is 4.74 Å². The molecule has 7 heteroatoms. The van der Waals surface area contributed by atoms with E-state index < -0.39 is 0 Å². The van der Waals surface area contributed by atoms with Gasteiger partial charge in [0.2, 0.25) is 0 Å². The highest BCUT2D eigenvalue weighted by atomic mass is 16.5. The molecule has 0 amide bonds. The molecule has 362 valence electrons. The van der Waals surface area contributed by atoms with Gasteiger partial charge in [-0.2, -0.15) is 0 Å². The monoisotopic (exact) mass is 970 g/mol. The van der Waals surface area contributed by atoms with Gasteiger partial charge < -0.3 is 9.64 Å². The minimum Gasteiger partial charge on any atom is -0.461 e. The van der Waals surface area contributed by atoms with Crippen molar-refractivity contribution in [1.29, 1.82) is 5.26 Å². The van der Waals surface area contributed by atoms with Gasteiger partial charge in [0.15, 0.2) is 0 Å². The quantitative estimate of drug-likeness (QED) is 0.122. The lowest BCUT2D eigenvalue weighted by atomic mass is 9.40. The minimum absolute atomic E-state index is 0.0521. The van der Waals surface area contributed by atoms with Gasteiger partial charge in [-0.25, -0.2) is 10.1 Å². The zero-order chi connectivity index (χ0) is 49.6. The second kappa shape index (κ2) is 16.2. The van der Waals surface area contributed by atoms with E-state index in [1.807, 2.05) is 18.2 Å². The summed E-state index contributed by atoms with van der Waals surface area (Å²) in [7, 11) is 0. The van der Waals surface area contributed by atoms with Crippen molar-refractivity contribution in [3.63, 3.8) is 0 Å². The number of hydrogen-bond donors (Lipinski definition) is 0. The first-order valence-corrected chi connectivity index (χ1v) is 27.3. The Balaban J connectivity index is 0.763. The fourth-order valence-electron chi connectivity index (χ4n) is 16.6. The molecule has 6 heterocycles. The van der Waals surface area contributed by atoms with Crippen LogP contribution in [0.5, 0.6) is 0 Å². The molecule has 9 atom stereocenters. The highest BCUT2D eigenvalue weighted by Gasteiger charge is 2.65. The van der Waals surface area contributed by atoms with Crippen molar-refractivity contribution in [1.82, 2.24) is 15.0 Å². The van der Waals surface area contributed by atoms with Crippen LogP contribution in [-0.2, 0) is 35.8 Å². The van der Waals surface area contributed by atoms with Gasteiger partial charge >= 0.3 is 0 Å². The standard InChI is InChI=1S/C68H54N6O/c1-70-63(37-69)45-28-50(75-64(31-45)65-46-27-44-30-60(43-15-9-4-10-16-43)71-38-54(44)53(65)29-46)18-17-40-25-47-36-67(48-32-55(67)51-19-21-58(72-61(51)34-48)41-11-5-2-6-12-41)39-74-24-23-68(57(26-40)66(47)74)49-33-56(68)52-20-22-59(73-62(52)35-49)42-13-7-3-8-14-42/h2-22,25-26,28,30-31,38,46,48-49,53,55-56,65H,23-24,27,29,32-36,39H2/b18-17+,63-45-. The van der Waals surface area contributed by atoms with Crippen molar-refractivity contribution in [3.8, 4) is 39.8 Å². The summed E-state index contributed by atoms with van der Waals surface area (Å²) < 4.78 is 6.97. The van der Waals surface area contributed by atoms with Gasteiger partial charge in [0.25, 0.3) is 5.70 Å². The van der Waals surface area contributed by atoms with Crippen LogP contribution in [0.2, 0.25) is 0 Å². The number of aromatic nitrogens is 3. The Hall–Kier alpha value is -8.13. The SMILES string of the molecule is [C-]#[N+]/C(C#N)=C1C=C(/C=C/c2cc3c4c(c2)C2(CCN4CC4(C3)C3Cc5nc(-c6ccccc6)ccc5C4C3)C3Cc4nc(-c5ccccc5)ccc4C2C3)OC(C2C3Cc4cc(-c5ccccc5)ncc4C2C3)=C/1. The topological polar surface area (TPSA) is 79.3 Å². The maximum atomic E-state index is 10.2. The second-order valence-electron chi connectivity index (χ2n) is 23.3. The molecule has 75 heavy (non-hydrogen) atoms. The molecule has 6 bridgehead atoms. The van der Waals surface area contributed by atoms with Crippen molar-refractivity contribution in [3.05, 3.63) is 242 Å². The molecule has 7 nitrogen and oxygen atoms in total. The Morgan fingerprint density at radius 1 is 0.707 bits per heavy atom. The van der Waals surface area contributed by atoms with Gasteiger partial charge in [0.1, 0.15) is 11.5 Å². The number of allylic oxidation sites excluding steroid dienone is 6. The van der Waals surface area contributed by atoms with Crippen LogP contribution in [0.3, 0.4) is 0 Å². The number of ether oxygens (including phenoxy) is 1. The summed E-state index contributed by atoms with van der Waals surface area (Å²) in [4.78, 5) is 22.2. The molecule has 16 rings (SSSR count). The van der Waals surface area contributed by atoms with E-state index in [2.05, 4.69) is 162 Å². The van der Waals surface area contributed by atoms with Crippen molar-refractivity contribution in [2.24, 2.45) is 29.1 Å². The third kappa shape index (κ3) is 6.34. The van der Waals surface area contributed by atoms with E-state index >= 15 is 0 Å². The Morgan fingerprint density at radius 2 is 1.39 bits per heavy atom. The van der Waals surface area contributed by atoms with Crippen molar-refractivity contribution in [2.75, 3.05) is 18.0 Å². The molecular formula is C68H54N6O. The van der Waals surface area contributed by atoms with E-state index in [0.717, 1.165) is 80.0 Å². The number of rotatable bonds is 6. The van der Waals surface area contributed by atoms with E-state index in [9.17, 15) is 5.26 Å². The highest BCUT2D eigenvalue weighted by molar-refractivity contribution is 5.74. The van der Waals surface area contributed by atoms with Crippen molar-refractivity contribution in [2.45, 2.75) is 74.5 Å². The van der Waals surface area contributed by atoms with Crippen LogP contribution < -0.4 is 4.90 Å². The molecule has 9 aliphatic rings. The smallest absolute Gasteiger partial charge is 0.269 e. The predicted octanol–water partition coefficient (Wildman–Crippen LogP) is 14.1. The van der Waals surface area contributed by atoms with Gasteiger partial charge in [0, 0.05) is 69.8 Å². The molecule has 9 unspecified atom stereocenters. The zero-order valence-electron chi connectivity index (χ0n) is 41.8. The number of nitriles is 1. The van der Waals surface area contributed by atoms with E-state index in [4.69, 9.17) is 26.3 Å². The summed E-state index contributed by atoms with van der Waals surface area (Å²) in [5.74, 6) is 4.41. The summed E-state index contributed by atoms with van der Waals surface area (Å²) in [5, 5.41) is 10.2. The average Bonchev–Trinajstić information content (AvgIpc) is 3.54. The molecule has 3 saturated carbocycles. The van der Waals surface area contributed by atoms with Crippen LogP contribution in [0.15, 0.2) is 181 Å². The number of pyridine rings is 3. The Bertz CT molecular complexity index is 3790. The molecule has 7 aromatic rings. The summed E-state index contributed by atoms with van der Waals surface area (Å²) in [6.07, 6.45) is 19.1. The normalized spacial score (nSPS) is 29.1. The summed E-state index contributed by atoms with van der Waals surface area (Å²) in [6, 6.07) is 50.6. The molecule has 4 aromatic carbocycles. The van der Waals surface area contributed by atoms with Crippen LogP contribution in [0.1, 0.15) is 93.8 Å². The number of fused-ring (bicyclic) bond motifs is 8. The molecule has 0 saturated heterocycles. The Morgan fingerprint density at radius 3 is 2.09 bits per heavy atom. The molecule has 3 aliphatic heterocycles. The first-order chi connectivity index (χ1) is 36.9. The Labute approximate surface area is 438 Å². The van der Waals surface area contributed by atoms with Crippen LogP contribution >= 0.6 is 0 Å². The highest BCUT2D eigenvalue weighted by Crippen LogP contribution is 2.71. The maximum absolute atomic E-state index is 10.2. The number of nitrogens with zero attached hydrogens (tertiary/aromatic N) is 6. The molecular weight excluding hydrogens is 917 g/mol. The number of hydrogen-bond acceptors (Lipinski definition) is 6. The van der Waals surface area contributed by atoms with Crippen LogP contribution in [-0.4, -0.2) is 28.0 Å². The van der Waals surface area contributed by atoms with E-state index in [1.54, 1.807) is 0 Å². The van der Waals surface area contributed by atoms with Gasteiger partial charge in [-0.3, -0.25) is 15.0 Å². The van der Waals surface area contributed by atoms with Gasteiger partial charge in [-0.05, 0) is 180 Å². The van der Waals surface area contributed by atoms with Gasteiger partial charge in [-0.1, -0.05) is 109 Å². The molecule has 2 spiro atoms. The lowest BCUT2D eigenvalue weighted by Gasteiger charge is -2.67. The lowest BCUT2D eigenvalue weighted by molar-refractivity contribution is -0.0209. The summed E-state index contributed by atoms with van der Waals surface area (Å²) >= 11 is 0. The number of anilines is 1. The first-order valence-electron chi connectivity index (χ1n) is 27.3. The van der Waals surface area contributed by atoms with E-state index in [0.29, 0.717) is 40.9 Å². The fraction of sp³-hybridized carbons (Fsp3) is 0.279. The third-order valence-electron chi connectivity index (χ3n) is 20.1. The van der Waals surface area contributed by atoms with E-state index in [1.165, 1.54) is 80.0 Å². The predicted molar refractivity (Wildman–Crippen MR) is 293 cm³/mol.